The van der Waals surface area contributed by atoms with Crippen molar-refractivity contribution < 1.29 is 18.8 Å². The minimum Gasteiger partial charge on any atom is -0.491 e. The van der Waals surface area contributed by atoms with Gasteiger partial charge in [0.2, 0.25) is 23.5 Å². The van der Waals surface area contributed by atoms with Gasteiger partial charge in [0.15, 0.2) is 0 Å². The van der Waals surface area contributed by atoms with Crippen molar-refractivity contribution in [3.8, 4) is 17.1 Å². The number of aromatic nitrogens is 2. The zero-order chi connectivity index (χ0) is 22.7. The fraction of sp³-hybridized carbons (Fsp3) is 0.333. The first-order chi connectivity index (χ1) is 15.4. The first-order valence-corrected chi connectivity index (χ1v) is 10.6. The number of anilines is 1. The topological polar surface area (TPSA) is 97.6 Å². The molecule has 0 spiro atoms. The Morgan fingerprint density at radius 3 is 2.72 bits per heavy atom. The molecule has 2 aromatic carbocycles. The van der Waals surface area contributed by atoms with E-state index in [1.165, 1.54) is 0 Å². The molecule has 1 atom stereocenters. The van der Waals surface area contributed by atoms with E-state index in [4.69, 9.17) is 9.26 Å². The summed E-state index contributed by atoms with van der Waals surface area (Å²) in [5, 5.41) is 6.87. The Morgan fingerprint density at radius 2 is 2.03 bits per heavy atom. The first-order valence-electron chi connectivity index (χ1n) is 10.6. The van der Waals surface area contributed by atoms with Gasteiger partial charge in [-0.1, -0.05) is 29.4 Å². The Kier molecular flexibility index (Phi) is 6.20. The number of aryl methyl sites for hydroxylation is 1. The molecule has 0 bridgehead atoms. The van der Waals surface area contributed by atoms with Crippen LogP contribution in [0.5, 0.6) is 5.75 Å². The van der Waals surface area contributed by atoms with Gasteiger partial charge >= 0.3 is 0 Å². The van der Waals surface area contributed by atoms with Crippen LogP contribution < -0.4 is 15.0 Å². The standard InChI is InChI=1S/C24H26N4O4/c1-15(2)31-21-9-7-17(8-10-21)13-25-24(30)19-12-22(29)28(14-19)20-6-4-5-18(11-20)23-26-16(3)32-27-23/h4-11,15,19H,12-14H2,1-3H3,(H,25,30)/t19-/m0/s1. The van der Waals surface area contributed by atoms with Crippen molar-refractivity contribution in [2.75, 3.05) is 11.4 Å². The highest BCUT2D eigenvalue weighted by molar-refractivity contribution is 6.00. The molecule has 1 N–H and O–H groups in total. The van der Waals surface area contributed by atoms with Crippen LogP contribution in [0, 0.1) is 12.8 Å². The number of ether oxygens (including phenoxy) is 1. The van der Waals surface area contributed by atoms with Gasteiger partial charge in [-0.15, -0.1) is 0 Å². The zero-order valence-corrected chi connectivity index (χ0v) is 18.4. The van der Waals surface area contributed by atoms with Crippen LogP contribution in [0.3, 0.4) is 0 Å². The van der Waals surface area contributed by atoms with E-state index in [-0.39, 0.29) is 24.3 Å². The summed E-state index contributed by atoms with van der Waals surface area (Å²) in [5.74, 6) is 1.12. The van der Waals surface area contributed by atoms with E-state index in [1.54, 1.807) is 11.8 Å². The molecule has 0 aliphatic carbocycles. The predicted molar refractivity (Wildman–Crippen MR) is 119 cm³/mol. The number of amides is 2. The van der Waals surface area contributed by atoms with Gasteiger partial charge < -0.3 is 19.5 Å². The summed E-state index contributed by atoms with van der Waals surface area (Å²) in [6, 6.07) is 15.0. The van der Waals surface area contributed by atoms with Gasteiger partial charge in [-0.3, -0.25) is 9.59 Å². The van der Waals surface area contributed by atoms with Gasteiger partial charge in [-0.2, -0.15) is 4.98 Å². The molecule has 2 heterocycles. The molecule has 0 radical (unpaired) electrons. The maximum absolute atomic E-state index is 12.7. The Labute approximate surface area is 186 Å². The third-order valence-corrected chi connectivity index (χ3v) is 5.20. The van der Waals surface area contributed by atoms with Crippen LogP contribution in [0.15, 0.2) is 53.1 Å². The highest BCUT2D eigenvalue weighted by atomic mass is 16.5. The molecular weight excluding hydrogens is 408 g/mol. The summed E-state index contributed by atoms with van der Waals surface area (Å²) in [6.07, 6.45) is 0.291. The Balaban J connectivity index is 1.36. The molecular formula is C24H26N4O4. The lowest BCUT2D eigenvalue weighted by atomic mass is 10.1. The fourth-order valence-corrected chi connectivity index (χ4v) is 3.65. The third kappa shape index (κ3) is 4.96. The summed E-state index contributed by atoms with van der Waals surface area (Å²) in [7, 11) is 0. The van der Waals surface area contributed by atoms with E-state index in [0.29, 0.717) is 30.5 Å². The molecule has 1 aromatic heterocycles. The maximum atomic E-state index is 12.7. The smallest absolute Gasteiger partial charge is 0.227 e. The molecule has 1 aliphatic rings. The number of hydrogen-bond acceptors (Lipinski definition) is 6. The van der Waals surface area contributed by atoms with Crippen molar-refractivity contribution in [2.24, 2.45) is 5.92 Å². The number of carbonyl (C=O) groups excluding carboxylic acids is 2. The molecule has 0 unspecified atom stereocenters. The van der Waals surface area contributed by atoms with Crippen LogP contribution in [0.25, 0.3) is 11.4 Å². The van der Waals surface area contributed by atoms with Gasteiger partial charge in [-0.05, 0) is 43.7 Å². The summed E-state index contributed by atoms with van der Waals surface area (Å²) in [6.45, 7) is 6.41. The quantitative estimate of drug-likeness (QED) is 0.611. The molecule has 3 aromatic rings. The van der Waals surface area contributed by atoms with Gasteiger partial charge in [0.25, 0.3) is 0 Å². The minimum absolute atomic E-state index is 0.0817. The Morgan fingerprint density at radius 1 is 1.25 bits per heavy atom. The lowest BCUT2D eigenvalue weighted by molar-refractivity contribution is -0.126. The van der Waals surface area contributed by atoms with Crippen molar-refractivity contribution in [3.05, 3.63) is 60.0 Å². The van der Waals surface area contributed by atoms with E-state index >= 15 is 0 Å². The van der Waals surface area contributed by atoms with E-state index in [9.17, 15) is 9.59 Å². The number of nitrogens with one attached hydrogen (secondary N) is 1. The summed E-state index contributed by atoms with van der Waals surface area (Å²) in [5.41, 5.74) is 2.44. The second-order valence-corrected chi connectivity index (χ2v) is 8.12. The van der Waals surface area contributed by atoms with Gasteiger partial charge in [0.05, 0.1) is 12.0 Å². The molecule has 0 saturated carbocycles. The van der Waals surface area contributed by atoms with Crippen LogP contribution in [0.4, 0.5) is 5.69 Å². The second-order valence-electron chi connectivity index (χ2n) is 8.12. The summed E-state index contributed by atoms with van der Waals surface area (Å²) in [4.78, 5) is 31.2. The van der Waals surface area contributed by atoms with E-state index < -0.39 is 5.92 Å². The number of rotatable bonds is 7. The minimum atomic E-state index is -0.401. The average Bonchev–Trinajstić information content (AvgIpc) is 3.38. The van der Waals surface area contributed by atoms with Gasteiger partial charge in [0.1, 0.15) is 5.75 Å². The lowest BCUT2D eigenvalue weighted by Crippen LogP contribution is -2.32. The van der Waals surface area contributed by atoms with E-state index in [0.717, 1.165) is 16.9 Å². The molecule has 1 saturated heterocycles. The van der Waals surface area contributed by atoms with Crippen molar-refractivity contribution in [2.45, 2.75) is 39.8 Å². The molecule has 1 aliphatic heterocycles. The van der Waals surface area contributed by atoms with Crippen LogP contribution in [-0.2, 0) is 16.1 Å². The monoisotopic (exact) mass is 434 g/mol. The molecule has 2 amide bonds. The van der Waals surface area contributed by atoms with Crippen LogP contribution in [-0.4, -0.2) is 34.6 Å². The largest absolute Gasteiger partial charge is 0.491 e. The number of nitrogens with zero attached hydrogens (tertiary/aromatic N) is 3. The van der Waals surface area contributed by atoms with Crippen molar-refractivity contribution >= 4 is 17.5 Å². The fourth-order valence-electron chi connectivity index (χ4n) is 3.65. The molecule has 8 nitrogen and oxygen atoms in total. The highest BCUT2D eigenvalue weighted by Crippen LogP contribution is 2.28. The van der Waals surface area contributed by atoms with Crippen molar-refractivity contribution in [3.63, 3.8) is 0 Å². The Hall–Kier alpha value is -3.68. The van der Waals surface area contributed by atoms with Crippen molar-refractivity contribution in [1.29, 1.82) is 0 Å². The van der Waals surface area contributed by atoms with Crippen LogP contribution in [0.1, 0.15) is 31.7 Å². The lowest BCUT2D eigenvalue weighted by Gasteiger charge is -2.17. The number of hydrogen-bond donors (Lipinski definition) is 1. The zero-order valence-electron chi connectivity index (χ0n) is 18.4. The second kappa shape index (κ2) is 9.21. The van der Waals surface area contributed by atoms with Gasteiger partial charge in [-0.25, -0.2) is 0 Å². The number of benzene rings is 2. The molecule has 32 heavy (non-hydrogen) atoms. The van der Waals surface area contributed by atoms with Crippen LogP contribution in [0.2, 0.25) is 0 Å². The third-order valence-electron chi connectivity index (χ3n) is 5.20. The Bertz CT molecular complexity index is 1110. The maximum Gasteiger partial charge on any atom is 0.227 e. The summed E-state index contributed by atoms with van der Waals surface area (Å²) >= 11 is 0. The molecule has 4 rings (SSSR count). The molecule has 166 valence electrons. The molecule has 1 fully saturated rings. The van der Waals surface area contributed by atoms with Crippen LogP contribution >= 0.6 is 0 Å². The van der Waals surface area contributed by atoms with E-state index in [1.807, 2.05) is 62.4 Å². The van der Waals surface area contributed by atoms with Gasteiger partial charge in [0, 0.05) is 37.7 Å². The summed E-state index contributed by atoms with van der Waals surface area (Å²) < 4.78 is 10.7. The normalized spacial score (nSPS) is 15.9. The molecule has 8 heteroatoms. The average molecular weight is 434 g/mol. The number of carbonyl (C=O) groups is 2. The van der Waals surface area contributed by atoms with E-state index in [2.05, 4.69) is 15.5 Å². The first kappa shape index (κ1) is 21.5. The SMILES string of the molecule is Cc1nc(-c2cccc(N3C[C@@H](C(=O)NCc4ccc(OC(C)C)cc4)CC3=O)c2)no1. The van der Waals surface area contributed by atoms with Crippen molar-refractivity contribution in [1.82, 2.24) is 15.5 Å². The highest BCUT2D eigenvalue weighted by Gasteiger charge is 2.35. The predicted octanol–water partition coefficient (Wildman–Crippen LogP) is 3.50.